The normalized spacial score (nSPS) is 10.8. The molecule has 0 bridgehead atoms. The first-order chi connectivity index (χ1) is 14.9. The van der Waals surface area contributed by atoms with Crippen LogP contribution in [0, 0.1) is 10.1 Å². The summed E-state index contributed by atoms with van der Waals surface area (Å²) in [6.07, 6.45) is -0.378. The zero-order valence-corrected chi connectivity index (χ0v) is 17.0. The van der Waals surface area contributed by atoms with Gasteiger partial charge in [0, 0.05) is 34.4 Å². The monoisotopic (exact) mass is 441 g/mol. The maximum absolute atomic E-state index is 11.9. The highest BCUT2D eigenvalue weighted by molar-refractivity contribution is 7.32. The van der Waals surface area contributed by atoms with Crippen LogP contribution < -0.4 is 9.84 Å². The molecule has 3 rings (SSSR count). The Labute approximate surface area is 178 Å². The predicted molar refractivity (Wildman–Crippen MR) is 113 cm³/mol. The van der Waals surface area contributed by atoms with E-state index in [1.807, 2.05) is 30.3 Å². The summed E-state index contributed by atoms with van der Waals surface area (Å²) in [6, 6.07) is 19.8. The van der Waals surface area contributed by atoms with Gasteiger partial charge in [-0.25, -0.2) is 9.32 Å². The second kappa shape index (κ2) is 10.3. The number of nitrogens with one attached hydrogen (secondary N) is 1. The van der Waals surface area contributed by atoms with Crippen LogP contribution in [-0.4, -0.2) is 15.9 Å². The lowest BCUT2D eigenvalue weighted by molar-refractivity contribution is -0.384. The van der Waals surface area contributed by atoms with E-state index in [2.05, 4.69) is 5.32 Å². The van der Waals surface area contributed by atoms with E-state index in [4.69, 9.17) is 14.2 Å². The Kier molecular flexibility index (Phi) is 7.26. The molecule has 0 saturated carbocycles. The van der Waals surface area contributed by atoms with Gasteiger partial charge < -0.3 is 4.74 Å². The van der Waals surface area contributed by atoms with Crippen LogP contribution in [0.25, 0.3) is 0 Å². The number of nitrogens with zero attached hydrogens (tertiary/aromatic N) is 1. The molecule has 0 radical (unpaired) electrons. The molecule has 1 unspecified atom stereocenters. The molecule has 1 amide bonds. The number of ether oxygens (including phenoxy) is 1. The van der Waals surface area contributed by atoms with E-state index in [0.29, 0.717) is 11.3 Å². The molecule has 0 aliphatic rings. The lowest BCUT2D eigenvalue weighted by Crippen LogP contribution is -2.13. The first-order valence-electron chi connectivity index (χ1n) is 9.09. The molecule has 10 heteroatoms. The van der Waals surface area contributed by atoms with Gasteiger partial charge in [-0.3, -0.25) is 15.4 Å². The molecule has 0 heterocycles. The minimum absolute atomic E-state index is 0.0842. The van der Waals surface area contributed by atoms with Gasteiger partial charge in [-0.05, 0) is 29.3 Å². The van der Waals surface area contributed by atoms with Crippen LogP contribution in [0.2, 0.25) is 0 Å². The number of rotatable bonds is 8. The summed E-state index contributed by atoms with van der Waals surface area (Å²) in [4.78, 5) is 31.4. The molecule has 0 saturated heterocycles. The molecule has 1 atom stereocenters. The van der Waals surface area contributed by atoms with E-state index >= 15 is 0 Å². The van der Waals surface area contributed by atoms with Gasteiger partial charge in [-0.15, -0.1) is 4.89 Å². The van der Waals surface area contributed by atoms with Crippen molar-refractivity contribution < 1.29 is 28.4 Å². The predicted octanol–water partition coefficient (Wildman–Crippen LogP) is 4.96. The van der Waals surface area contributed by atoms with Gasteiger partial charge in [0.05, 0.1) is 4.92 Å². The van der Waals surface area contributed by atoms with Gasteiger partial charge in [-0.2, -0.15) is 0 Å². The largest absolute Gasteiger partial charge is 0.747 e. The highest BCUT2D eigenvalue weighted by Gasteiger charge is 2.20. The second-order valence-electron chi connectivity index (χ2n) is 6.44. The lowest BCUT2D eigenvalue weighted by atomic mass is 10.0. The SMILES string of the molecule is O=C(Nc1ccc(Cc2cc([N+](=O)[O-])ccc2O[P+](=O)O)cc1)OCc1ccccc1. The fourth-order valence-electron chi connectivity index (χ4n) is 2.79. The minimum atomic E-state index is -2.91. The number of benzene rings is 3. The third kappa shape index (κ3) is 6.60. The standard InChI is InChI=1S/C21H17N2O7P/c24-21(29-14-16-4-2-1-3-5-16)22-18-8-6-15(7-9-18)12-17-13-19(23(25)26)10-11-20(17)30-31(27)28/h1-11,13H,12,14H2,(H-,22,24,27,28)/p+1. The molecule has 3 aromatic carbocycles. The Morgan fingerprint density at radius 2 is 1.74 bits per heavy atom. The van der Waals surface area contributed by atoms with E-state index in [1.54, 1.807) is 24.3 Å². The van der Waals surface area contributed by atoms with Crippen LogP contribution in [0.5, 0.6) is 5.75 Å². The van der Waals surface area contributed by atoms with E-state index < -0.39 is 19.3 Å². The molecule has 3 aromatic rings. The number of nitro benzene ring substituents is 1. The molecule has 0 aromatic heterocycles. The molecule has 9 nitrogen and oxygen atoms in total. The summed E-state index contributed by atoms with van der Waals surface area (Å²) in [5.74, 6) is 0.0842. The lowest BCUT2D eigenvalue weighted by Gasteiger charge is -2.09. The Morgan fingerprint density at radius 3 is 2.39 bits per heavy atom. The number of hydrogen-bond acceptors (Lipinski definition) is 6. The molecule has 0 aliphatic carbocycles. The van der Waals surface area contributed by atoms with E-state index in [1.165, 1.54) is 18.2 Å². The first kappa shape index (κ1) is 21.9. The smallest absolute Gasteiger partial charge is 0.444 e. The molecule has 0 spiro atoms. The zero-order chi connectivity index (χ0) is 22.2. The second-order valence-corrected chi connectivity index (χ2v) is 7.10. The molecule has 31 heavy (non-hydrogen) atoms. The number of nitro groups is 1. The zero-order valence-electron chi connectivity index (χ0n) is 16.1. The van der Waals surface area contributed by atoms with Crippen LogP contribution in [0.1, 0.15) is 16.7 Å². The van der Waals surface area contributed by atoms with Gasteiger partial charge >= 0.3 is 14.3 Å². The Hall–Kier alpha value is -3.81. The molecule has 0 aliphatic heterocycles. The number of carbonyl (C=O) groups is 1. The summed E-state index contributed by atoms with van der Waals surface area (Å²) >= 11 is 0. The topological polar surface area (TPSA) is 128 Å². The molecule has 2 N–H and O–H groups in total. The molecular weight excluding hydrogens is 423 g/mol. The quantitative estimate of drug-likeness (QED) is 0.287. The van der Waals surface area contributed by atoms with Crippen LogP contribution in [0.3, 0.4) is 0 Å². The van der Waals surface area contributed by atoms with Crippen LogP contribution in [-0.2, 0) is 22.3 Å². The van der Waals surface area contributed by atoms with E-state index in [-0.39, 0.29) is 24.5 Å². The van der Waals surface area contributed by atoms with Crippen molar-refractivity contribution in [1.29, 1.82) is 0 Å². The average molecular weight is 441 g/mol. The van der Waals surface area contributed by atoms with Gasteiger partial charge in [0.1, 0.15) is 6.61 Å². The Balaban J connectivity index is 1.65. The Morgan fingerprint density at radius 1 is 1.03 bits per heavy atom. The summed E-state index contributed by atoms with van der Waals surface area (Å²) in [6.45, 7) is 0.146. The highest BCUT2D eigenvalue weighted by atomic mass is 31.1. The summed E-state index contributed by atoms with van der Waals surface area (Å²) in [5, 5.41) is 13.7. The van der Waals surface area contributed by atoms with Crippen molar-refractivity contribution in [2.24, 2.45) is 0 Å². The third-order valence-electron chi connectivity index (χ3n) is 4.24. The summed E-state index contributed by atoms with van der Waals surface area (Å²) < 4.78 is 21.0. The van der Waals surface area contributed by atoms with Crippen LogP contribution >= 0.6 is 8.25 Å². The van der Waals surface area contributed by atoms with Gasteiger partial charge in [0.25, 0.3) is 5.69 Å². The first-order valence-corrected chi connectivity index (χ1v) is 10.2. The summed E-state index contributed by atoms with van der Waals surface area (Å²) in [5.41, 5.74) is 2.36. The van der Waals surface area contributed by atoms with E-state index in [9.17, 15) is 19.5 Å². The van der Waals surface area contributed by atoms with Crippen molar-refractivity contribution in [3.05, 3.63) is 99.6 Å². The van der Waals surface area contributed by atoms with Crippen molar-refractivity contribution in [1.82, 2.24) is 0 Å². The molecule has 0 fully saturated rings. The maximum atomic E-state index is 11.9. The number of non-ortho nitro benzene ring substituents is 1. The fourth-order valence-corrected chi connectivity index (χ4v) is 3.14. The summed E-state index contributed by atoms with van der Waals surface area (Å²) in [7, 11) is -2.91. The van der Waals surface area contributed by atoms with Crippen molar-refractivity contribution in [3.8, 4) is 5.75 Å². The molecular formula is C21H18N2O7P+. The molecule has 158 valence electrons. The number of anilines is 1. The van der Waals surface area contributed by atoms with Gasteiger partial charge in [0.15, 0.2) is 5.75 Å². The van der Waals surface area contributed by atoms with Gasteiger partial charge in [0.2, 0.25) is 0 Å². The number of amides is 1. The van der Waals surface area contributed by atoms with E-state index in [0.717, 1.165) is 11.1 Å². The minimum Gasteiger partial charge on any atom is -0.444 e. The number of carbonyl (C=O) groups excluding carboxylic acids is 1. The maximum Gasteiger partial charge on any atom is 0.747 e. The van der Waals surface area contributed by atoms with Crippen LogP contribution in [0.4, 0.5) is 16.2 Å². The van der Waals surface area contributed by atoms with Crippen molar-refractivity contribution in [2.75, 3.05) is 5.32 Å². The van der Waals surface area contributed by atoms with Crippen molar-refractivity contribution in [3.63, 3.8) is 0 Å². The Bertz CT molecular complexity index is 1090. The van der Waals surface area contributed by atoms with Crippen molar-refractivity contribution in [2.45, 2.75) is 13.0 Å². The highest BCUT2D eigenvalue weighted by Crippen LogP contribution is 2.31. The number of hydrogen-bond donors (Lipinski definition) is 2. The fraction of sp³-hybridized carbons (Fsp3) is 0.0952. The van der Waals surface area contributed by atoms with Crippen LogP contribution in [0.15, 0.2) is 72.8 Å². The third-order valence-corrected chi connectivity index (χ3v) is 4.59. The van der Waals surface area contributed by atoms with Gasteiger partial charge in [-0.1, -0.05) is 42.5 Å². The van der Waals surface area contributed by atoms with Crippen molar-refractivity contribution >= 4 is 25.7 Å². The average Bonchev–Trinajstić information content (AvgIpc) is 2.75.